The Bertz CT molecular complexity index is 1580. The fourth-order valence-electron chi connectivity index (χ4n) is 7.00. The number of carbonyl (C=O) groups is 3. The van der Waals surface area contributed by atoms with Crippen molar-refractivity contribution in [2.24, 2.45) is 0 Å². The van der Waals surface area contributed by atoms with Crippen molar-refractivity contribution in [3.63, 3.8) is 0 Å². The Balaban J connectivity index is 4.27. The molecule has 0 heterocycles. The molecule has 0 aliphatic carbocycles. The van der Waals surface area contributed by atoms with E-state index in [2.05, 4.69) is 154 Å². The number of ether oxygens (including phenoxy) is 3. The van der Waals surface area contributed by atoms with Crippen LogP contribution in [0.25, 0.3) is 0 Å². The van der Waals surface area contributed by atoms with Gasteiger partial charge in [0.15, 0.2) is 6.10 Å². The van der Waals surface area contributed by atoms with Crippen LogP contribution >= 0.6 is 0 Å². The zero-order valence-electron chi connectivity index (χ0n) is 44.7. The topological polar surface area (TPSA) is 78.9 Å². The minimum atomic E-state index is -0.824. The second kappa shape index (κ2) is 56.9. The molecule has 0 saturated carbocycles. The standard InChI is InChI=1S/C64H100O6/c1-4-7-10-13-16-19-21-23-24-25-26-27-28-29-30-31-32-33-34-35-36-37-38-39-40-42-43-45-48-51-54-57-63(66)69-60-61(59-68-62(65)56-53-50-47-18-15-12-9-6-3)70-64(67)58-55-52-49-46-44-41-22-20-17-14-11-8-5-2/h7-8,10-11,16-17,19-20,23-24,26-27,29-30,32-33,35-36,38-39,41,44,49,52,61H,4-6,9,12-15,18,21-22,25,28,31,34,37,40,42-43,45-48,50-51,53-60H2,1-3H3/b10-7-,11-8-,19-16-,20-17-,24-23-,27-26-,30-29-,33-32-,36-35-,39-38-,44-41-,52-49-. The van der Waals surface area contributed by atoms with E-state index in [4.69, 9.17) is 14.2 Å². The fraction of sp³-hybridized carbons (Fsp3) is 0.578. The van der Waals surface area contributed by atoms with Gasteiger partial charge in [0.1, 0.15) is 13.2 Å². The van der Waals surface area contributed by atoms with Gasteiger partial charge in [0.25, 0.3) is 0 Å². The molecule has 0 N–H and O–H groups in total. The first-order valence-corrected chi connectivity index (χ1v) is 27.8. The van der Waals surface area contributed by atoms with Crippen LogP contribution in [0.4, 0.5) is 0 Å². The molecular formula is C64H100O6. The number of esters is 3. The molecule has 1 unspecified atom stereocenters. The summed E-state index contributed by atoms with van der Waals surface area (Å²) in [6.45, 7) is 6.28. The maximum atomic E-state index is 12.7. The molecule has 0 saturated heterocycles. The smallest absolute Gasteiger partial charge is 0.306 e. The van der Waals surface area contributed by atoms with Crippen molar-refractivity contribution < 1.29 is 28.6 Å². The van der Waals surface area contributed by atoms with E-state index in [0.29, 0.717) is 19.3 Å². The molecule has 0 amide bonds. The summed E-state index contributed by atoms with van der Waals surface area (Å²) in [6, 6.07) is 0. The first-order valence-electron chi connectivity index (χ1n) is 27.8. The van der Waals surface area contributed by atoms with Gasteiger partial charge in [-0.05, 0) is 109 Å². The van der Waals surface area contributed by atoms with Gasteiger partial charge >= 0.3 is 17.9 Å². The van der Waals surface area contributed by atoms with Gasteiger partial charge < -0.3 is 14.2 Å². The van der Waals surface area contributed by atoms with Crippen LogP contribution in [0.15, 0.2) is 146 Å². The molecule has 0 aromatic carbocycles. The third kappa shape index (κ3) is 54.2. The molecule has 0 aromatic heterocycles. The van der Waals surface area contributed by atoms with Gasteiger partial charge in [-0.2, -0.15) is 0 Å². The van der Waals surface area contributed by atoms with Crippen molar-refractivity contribution in [3.05, 3.63) is 146 Å². The quantitative estimate of drug-likeness (QED) is 0.0262. The first-order chi connectivity index (χ1) is 34.5. The molecule has 0 bridgehead atoms. The molecule has 0 rings (SSSR count). The third-order valence-corrected chi connectivity index (χ3v) is 11.1. The van der Waals surface area contributed by atoms with Crippen molar-refractivity contribution in [2.45, 2.75) is 226 Å². The van der Waals surface area contributed by atoms with Crippen molar-refractivity contribution in [1.82, 2.24) is 0 Å². The van der Waals surface area contributed by atoms with Crippen molar-refractivity contribution in [3.8, 4) is 0 Å². The Morgan fingerprint density at radius 2 is 0.586 bits per heavy atom. The van der Waals surface area contributed by atoms with Gasteiger partial charge in [0.05, 0.1) is 0 Å². The SMILES string of the molecule is CC/C=C\C/C=C\C/C=C\C/C=C\C/C=C\C/C=C\C/C=C\C/C=C\CCCCCCCCC(=O)OCC(COC(=O)CCCCCCCCCC)OC(=O)CC/C=C\C/C=C\C/C=C\C/C=C\CC. The summed E-state index contributed by atoms with van der Waals surface area (Å²) in [5.74, 6) is -1.03. The number of hydrogen-bond acceptors (Lipinski definition) is 6. The maximum Gasteiger partial charge on any atom is 0.306 e. The molecule has 392 valence electrons. The third-order valence-electron chi connectivity index (χ3n) is 11.1. The van der Waals surface area contributed by atoms with Crippen LogP contribution in [-0.2, 0) is 28.6 Å². The van der Waals surface area contributed by atoms with Gasteiger partial charge in [-0.1, -0.05) is 237 Å². The molecular weight excluding hydrogens is 865 g/mol. The molecule has 0 fully saturated rings. The van der Waals surface area contributed by atoms with Crippen molar-refractivity contribution in [1.29, 1.82) is 0 Å². The molecule has 0 aromatic rings. The fourth-order valence-corrected chi connectivity index (χ4v) is 7.00. The van der Waals surface area contributed by atoms with Crippen molar-refractivity contribution >= 4 is 17.9 Å². The van der Waals surface area contributed by atoms with E-state index in [1.165, 1.54) is 44.9 Å². The number of hydrogen-bond donors (Lipinski definition) is 0. The van der Waals surface area contributed by atoms with Crippen LogP contribution in [0.2, 0.25) is 0 Å². The van der Waals surface area contributed by atoms with E-state index in [1.807, 2.05) is 12.2 Å². The van der Waals surface area contributed by atoms with E-state index in [-0.39, 0.29) is 31.6 Å². The molecule has 70 heavy (non-hydrogen) atoms. The van der Waals surface area contributed by atoms with E-state index < -0.39 is 12.1 Å². The van der Waals surface area contributed by atoms with Crippen LogP contribution in [0.5, 0.6) is 0 Å². The summed E-state index contributed by atoms with van der Waals surface area (Å²) < 4.78 is 16.7. The minimum absolute atomic E-state index is 0.115. The average molecular weight is 965 g/mol. The molecule has 1 atom stereocenters. The summed E-state index contributed by atoms with van der Waals surface area (Å²) in [4.78, 5) is 37.8. The molecule has 0 aliphatic rings. The largest absolute Gasteiger partial charge is 0.462 e. The predicted molar refractivity (Wildman–Crippen MR) is 302 cm³/mol. The zero-order valence-corrected chi connectivity index (χ0v) is 44.7. The Hall–Kier alpha value is -4.71. The van der Waals surface area contributed by atoms with Crippen LogP contribution in [0.3, 0.4) is 0 Å². The summed E-state index contributed by atoms with van der Waals surface area (Å²) in [5, 5.41) is 0. The summed E-state index contributed by atoms with van der Waals surface area (Å²) in [5.41, 5.74) is 0. The Labute approximate surface area is 429 Å². The molecule has 0 spiro atoms. The Morgan fingerprint density at radius 3 is 0.929 bits per heavy atom. The molecule has 6 heteroatoms. The van der Waals surface area contributed by atoms with Gasteiger partial charge in [0, 0.05) is 19.3 Å². The van der Waals surface area contributed by atoms with Crippen LogP contribution in [0, 0.1) is 0 Å². The van der Waals surface area contributed by atoms with Gasteiger partial charge in [-0.25, -0.2) is 0 Å². The maximum absolute atomic E-state index is 12.7. The summed E-state index contributed by atoms with van der Waals surface area (Å²) >= 11 is 0. The highest BCUT2D eigenvalue weighted by molar-refractivity contribution is 5.71. The van der Waals surface area contributed by atoms with Gasteiger partial charge in [-0.15, -0.1) is 0 Å². The summed E-state index contributed by atoms with van der Waals surface area (Å²) in [6.07, 6.45) is 81.6. The van der Waals surface area contributed by atoms with E-state index in [0.717, 1.165) is 128 Å². The number of rotatable bonds is 48. The number of carbonyl (C=O) groups excluding carboxylic acids is 3. The lowest BCUT2D eigenvalue weighted by Gasteiger charge is -2.18. The van der Waals surface area contributed by atoms with Crippen LogP contribution < -0.4 is 0 Å². The lowest BCUT2D eigenvalue weighted by molar-refractivity contribution is -0.166. The van der Waals surface area contributed by atoms with E-state index in [9.17, 15) is 14.4 Å². The monoisotopic (exact) mass is 965 g/mol. The van der Waals surface area contributed by atoms with E-state index >= 15 is 0 Å². The highest BCUT2D eigenvalue weighted by Crippen LogP contribution is 2.13. The minimum Gasteiger partial charge on any atom is -0.462 e. The normalized spacial score (nSPS) is 13.2. The lowest BCUT2D eigenvalue weighted by Crippen LogP contribution is -2.30. The molecule has 0 aliphatic heterocycles. The predicted octanol–water partition coefficient (Wildman–Crippen LogP) is 18.8. The average Bonchev–Trinajstić information content (AvgIpc) is 3.36. The first kappa shape index (κ1) is 65.3. The zero-order chi connectivity index (χ0) is 50.7. The second-order valence-corrected chi connectivity index (χ2v) is 17.7. The van der Waals surface area contributed by atoms with Gasteiger partial charge in [-0.3, -0.25) is 14.4 Å². The highest BCUT2D eigenvalue weighted by Gasteiger charge is 2.19. The molecule has 6 nitrogen and oxygen atoms in total. The van der Waals surface area contributed by atoms with E-state index in [1.54, 1.807) is 0 Å². The van der Waals surface area contributed by atoms with Gasteiger partial charge in [0.2, 0.25) is 0 Å². The highest BCUT2D eigenvalue weighted by atomic mass is 16.6. The van der Waals surface area contributed by atoms with Crippen molar-refractivity contribution in [2.75, 3.05) is 13.2 Å². The number of allylic oxidation sites excluding steroid dienone is 24. The molecule has 0 radical (unpaired) electrons. The summed E-state index contributed by atoms with van der Waals surface area (Å²) in [7, 11) is 0. The Morgan fingerprint density at radius 1 is 0.300 bits per heavy atom. The Kier molecular flexibility index (Phi) is 53.0. The lowest BCUT2D eigenvalue weighted by atomic mass is 10.1. The van der Waals surface area contributed by atoms with Crippen LogP contribution in [-0.4, -0.2) is 37.2 Å². The van der Waals surface area contributed by atoms with Crippen LogP contribution in [0.1, 0.15) is 220 Å². The second-order valence-electron chi connectivity index (χ2n) is 17.7. The number of unbranched alkanes of at least 4 members (excludes halogenated alkanes) is 13.